The Hall–Kier alpha value is -2.85. The second-order valence-electron chi connectivity index (χ2n) is 6.76. The van der Waals surface area contributed by atoms with Crippen molar-refractivity contribution in [1.82, 2.24) is 19.9 Å². The van der Waals surface area contributed by atoms with Crippen LogP contribution in [-0.4, -0.2) is 19.9 Å². The van der Waals surface area contributed by atoms with Crippen LogP contribution in [0.4, 0.5) is 0 Å². The van der Waals surface area contributed by atoms with Crippen LogP contribution in [0.15, 0.2) is 48.6 Å². The first-order valence-corrected chi connectivity index (χ1v) is 9.04. The van der Waals surface area contributed by atoms with E-state index in [1.165, 1.54) is 16.8 Å². The number of aryl methyl sites for hydroxylation is 1. The zero-order chi connectivity index (χ0) is 17.7. The zero-order valence-corrected chi connectivity index (χ0v) is 15.1. The maximum atomic E-state index is 6.15. The molecule has 0 aliphatic heterocycles. The van der Waals surface area contributed by atoms with E-state index in [9.17, 15) is 0 Å². The Kier molecular flexibility index (Phi) is 3.47. The van der Waals surface area contributed by atoms with Gasteiger partial charge in [0.1, 0.15) is 0 Å². The van der Waals surface area contributed by atoms with Crippen LogP contribution in [0.1, 0.15) is 24.6 Å². The van der Waals surface area contributed by atoms with E-state index in [1.54, 1.807) is 0 Å². The molecule has 0 bridgehead atoms. The second-order valence-corrected chi connectivity index (χ2v) is 7.20. The minimum absolute atomic E-state index is 0.712. The molecule has 1 aliphatic rings. The molecule has 0 amide bonds. The highest BCUT2D eigenvalue weighted by atomic mass is 35.5. The number of aromatic amines is 2. The molecule has 5 rings (SSSR count). The summed E-state index contributed by atoms with van der Waals surface area (Å²) in [6.07, 6.45) is 12.1. The number of fused-ring (bicyclic) bond motifs is 2. The SMILES string of the molecule is CC1=Cc2c(-c3cnc(-c4c[nH]c5ccc(Cl)cc45)cn3)c[nH]c2CC1. The standard InChI is InChI=1S/C21H17ClN4/c1-12-2-4-18-14(6-12)16(8-23-18)20-10-26-21(11-25-20)17-9-24-19-5-3-13(22)7-15(17)19/h3,5-11,23-24H,2,4H2,1H3. The topological polar surface area (TPSA) is 57.4 Å². The van der Waals surface area contributed by atoms with Crippen molar-refractivity contribution in [3.8, 4) is 22.5 Å². The number of nitrogens with zero attached hydrogens (tertiary/aromatic N) is 2. The summed E-state index contributed by atoms with van der Waals surface area (Å²) in [6, 6.07) is 5.81. The summed E-state index contributed by atoms with van der Waals surface area (Å²) in [7, 11) is 0. The van der Waals surface area contributed by atoms with Crippen molar-refractivity contribution < 1.29 is 0 Å². The van der Waals surface area contributed by atoms with Crippen LogP contribution >= 0.6 is 11.6 Å². The molecule has 4 aromatic rings. The van der Waals surface area contributed by atoms with Crippen molar-refractivity contribution in [2.45, 2.75) is 19.8 Å². The molecule has 3 heterocycles. The maximum Gasteiger partial charge on any atom is 0.0907 e. The van der Waals surface area contributed by atoms with Gasteiger partial charge in [-0.1, -0.05) is 23.3 Å². The fourth-order valence-corrected chi connectivity index (χ4v) is 3.78. The van der Waals surface area contributed by atoms with E-state index in [0.29, 0.717) is 5.02 Å². The number of halogens is 1. The maximum absolute atomic E-state index is 6.15. The van der Waals surface area contributed by atoms with E-state index in [2.05, 4.69) is 32.9 Å². The number of aromatic nitrogens is 4. The summed E-state index contributed by atoms with van der Waals surface area (Å²) >= 11 is 6.15. The van der Waals surface area contributed by atoms with Gasteiger partial charge in [-0.2, -0.15) is 0 Å². The highest BCUT2D eigenvalue weighted by molar-refractivity contribution is 6.31. The van der Waals surface area contributed by atoms with Crippen LogP contribution in [0.2, 0.25) is 5.02 Å². The Morgan fingerprint density at radius 1 is 0.962 bits per heavy atom. The quantitative estimate of drug-likeness (QED) is 0.487. The Bertz CT molecular complexity index is 1150. The van der Waals surface area contributed by atoms with Gasteiger partial charge in [-0.15, -0.1) is 0 Å². The lowest BCUT2D eigenvalue weighted by atomic mass is 9.95. The lowest BCUT2D eigenvalue weighted by molar-refractivity contribution is 0.898. The number of hydrogen-bond acceptors (Lipinski definition) is 2. The molecular formula is C21H17ClN4. The molecule has 5 heteroatoms. The first-order valence-electron chi connectivity index (χ1n) is 8.66. The average Bonchev–Trinajstić information content (AvgIpc) is 3.25. The molecule has 3 aromatic heterocycles. The summed E-state index contributed by atoms with van der Waals surface area (Å²) in [5.41, 5.74) is 8.80. The van der Waals surface area contributed by atoms with Crippen molar-refractivity contribution in [2.24, 2.45) is 0 Å². The molecule has 2 N–H and O–H groups in total. The number of allylic oxidation sites excluding steroid dienone is 1. The first kappa shape index (κ1) is 15.4. The predicted octanol–water partition coefficient (Wildman–Crippen LogP) is 5.62. The molecule has 0 saturated carbocycles. The molecule has 1 aliphatic carbocycles. The van der Waals surface area contributed by atoms with Crippen molar-refractivity contribution in [3.63, 3.8) is 0 Å². The van der Waals surface area contributed by atoms with Crippen LogP contribution in [0.5, 0.6) is 0 Å². The zero-order valence-electron chi connectivity index (χ0n) is 14.3. The third kappa shape index (κ3) is 2.45. The average molecular weight is 361 g/mol. The van der Waals surface area contributed by atoms with Gasteiger partial charge in [0, 0.05) is 50.7 Å². The molecule has 0 fully saturated rings. The molecule has 4 nitrogen and oxygen atoms in total. The molecule has 128 valence electrons. The normalized spacial score (nSPS) is 13.7. The Labute approximate surface area is 156 Å². The molecule has 0 unspecified atom stereocenters. The van der Waals surface area contributed by atoms with E-state index >= 15 is 0 Å². The van der Waals surface area contributed by atoms with Gasteiger partial charge in [-0.05, 0) is 38.0 Å². The number of rotatable bonds is 2. The lowest BCUT2D eigenvalue weighted by Crippen LogP contribution is -1.97. The summed E-state index contributed by atoms with van der Waals surface area (Å²) in [5.74, 6) is 0. The van der Waals surface area contributed by atoms with Gasteiger partial charge in [-0.25, -0.2) is 0 Å². The monoisotopic (exact) mass is 360 g/mol. The fraction of sp³-hybridized carbons (Fsp3) is 0.143. The molecule has 0 spiro atoms. The highest BCUT2D eigenvalue weighted by Gasteiger charge is 2.16. The Morgan fingerprint density at radius 2 is 1.73 bits per heavy atom. The van der Waals surface area contributed by atoms with Gasteiger partial charge in [0.25, 0.3) is 0 Å². The van der Waals surface area contributed by atoms with Crippen LogP contribution in [0.25, 0.3) is 39.5 Å². The summed E-state index contributed by atoms with van der Waals surface area (Å²) in [5, 5.41) is 1.76. The number of hydrogen-bond donors (Lipinski definition) is 2. The Balaban J connectivity index is 1.56. The molecule has 26 heavy (non-hydrogen) atoms. The van der Waals surface area contributed by atoms with Gasteiger partial charge in [-0.3, -0.25) is 9.97 Å². The Morgan fingerprint density at radius 3 is 2.54 bits per heavy atom. The molecule has 0 radical (unpaired) electrons. The number of benzene rings is 1. The van der Waals surface area contributed by atoms with Gasteiger partial charge in [0.2, 0.25) is 0 Å². The summed E-state index contributed by atoms with van der Waals surface area (Å²) in [4.78, 5) is 16.0. The van der Waals surface area contributed by atoms with Gasteiger partial charge < -0.3 is 9.97 Å². The van der Waals surface area contributed by atoms with Crippen LogP contribution < -0.4 is 0 Å². The fourth-order valence-electron chi connectivity index (χ4n) is 3.61. The largest absolute Gasteiger partial charge is 0.364 e. The van der Waals surface area contributed by atoms with E-state index < -0.39 is 0 Å². The third-order valence-electron chi connectivity index (χ3n) is 5.01. The van der Waals surface area contributed by atoms with Crippen LogP contribution in [-0.2, 0) is 6.42 Å². The van der Waals surface area contributed by atoms with Crippen molar-refractivity contribution in [1.29, 1.82) is 0 Å². The second kappa shape index (κ2) is 5.85. The van der Waals surface area contributed by atoms with Crippen molar-refractivity contribution >= 4 is 28.6 Å². The van der Waals surface area contributed by atoms with Crippen LogP contribution in [0, 0.1) is 0 Å². The first-order chi connectivity index (χ1) is 12.7. The van der Waals surface area contributed by atoms with Gasteiger partial charge in [0.05, 0.1) is 23.8 Å². The van der Waals surface area contributed by atoms with E-state index in [4.69, 9.17) is 11.6 Å². The van der Waals surface area contributed by atoms with Crippen LogP contribution in [0.3, 0.4) is 0 Å². The number of H-pyrrole nitrogens is 2. The van der Waals surface area contributed by atoms with Gasteiger partial charge in [0.15, 0.2) is 0 Å². The molecule has 0 saturated heterocycles. The van der Waals surface area contributed by atoms with E-state index in [0.717, 1.165) is 46.3 Å². The van der Waals surface area contributed by atoms with Crippen molar-refractivity contribution in [3.05, 3.63) is 64.8 Å². The lowest BCUT2D eigenvalue weighted by Gasteiger charge is -2.11. The predicted molar refractivity (Wildman–Crippen MR) is 106 cm³/mol. The van der Waals surface area contributed by atoms with Crippen molar-refractivity contribution in [2.75, 3.05) is 0 Å². The summed E-state index contributed by atoms with van der Waals surface area (Å²) in [6.45, 7) is 2.18. The number of nitrogens with one attached hydrogen (secondary N) is 2. The summed E-state index contributed by atoms with van der Waals surface area (Å²) < 4.78 is 0. The minimum Gasteiger partial charge on any atom is -0.364 e. The van der Waals surface area contributed by atoms with E-state index in [-0.39, 0.29) is 0 Å². The molecule has 0 atom stereocenters. The third-order valence-corrected chi connectivity index (χ3v) is 5.25. The smallest absolute Gasteiger partial charge is 0.0907 e. The molecular weight excluding hydrogens is 344 g/mol. The van der Waals surface area contributed by atoms with Gasteiger partial charge >= 0.3 is 0 Å². The minimum atomic E-state index is 0.712. The van der Waals surface area contributed by atoms with E-state index in [1.807, 2.05) is 43.0 Å². The highest BCUT2D eigenvalue weighted by Crippen LogP contribution is 2.33. The molecule has 1 aromatic carbocycles.